The average molecular weight is 324 g/mol. The highest BCUT2D eigenvalue weighted by Crippen LogP contribution is 2.15. The first-order chi connectivity index (χ1) is 11.5. The van der Waals surface area contributed by atoms with Gasteiger partial charge in [0.15, 0.2) is 0 Å². The molecule has 0 saturated carbocycles. The van der Waals surface area contributed by atoms with E-state index in [0.717, 1.165) is 5.69 Å². The Hall–Kier alpha value is -2.29. The van der Waals surface area contributed by atoms with Crippen molar-refractivity contribution in [3.05, 3.63) is 65.2 Å². The summed E-state index contributed by atoms with van der Waals surface area (Å²) in [7, 11) is 0. The molecule has 0 radical (unpaired) electrons. The third kappa shape index (κ3) is 5.12. The van der Waals surface area contributed by atoms with Gasteiger partial charge < -0.3 is 10.2 Å². The van der Waals surface area contributed by atoms with Crippen LogP contribution in [0.25, 0.3) is 0 Å². The smallest absolute Gasteiger partial charge is 0.224 e. The number of nitrogens with one attached hydrogen (secondary N) is 1. The summed E-state index contributed by atoms with van der Waals surface area (Å²) in [6.07, 6.45) is 0.498. The van der Waals surface area contributed by atoms with Crippen molar-refractivity contribution < 1.29 is 4.79 Å². The van der Waals surface area contributed by atoms with E-state index < -0.39 is 0 Å². The van der Waals surface area contributed by atoms with Gasteiger partial charge in [-0.25, -0.2) is 0 Å². The largest absolute Gasteiger partial charge is 0.385 e. The molecule has 3 nitrogen and oxygen atoms in total. The standard InChI is InChI=1S/C21H28N2O/c1-16(2)23(15-19-8-6-5-7-9-19)21(24)12-13-22-20-11-10-17(3)18(4)14-20/h5-11,14,16,22H,12-13,15H2,1-4H3. The lowest BCUT2D eigenvalue weighted by Crippen LogP contribution is -2.37. The van der Waals surface area contributed by atoms with E-state index in [0.29, 0.717) is 19.5 Å². The molecular weight excluding hydrogens is 296 g/mol. The average Bonchev–Trinajstić information content (AvgIpc) is 2.56. The van der Waals surface area contributed by atoms with Crippen molar-refractivity contribution in [1.82, 2.24) is 4.90 Å². The second kappa shape index (κ2) is 8.53. The minimum atomic E-state index is 0.185. The molecule has 0 aliphatic heterocycles. The zero-order valence-corrected chi connectivity index (χ0v) is 15.2. The van der Waals surface area contributed by atoms with Crippen LogP contribution in [0.3, 0.4) is 0 Å². The van der Waals surface area contributed by atoms with E-state index in [4.69, 9.17) is 0 Å². The second-order valence-electron chi connectivity index (χ2n) is 6.58. The first-order valence-electron chi connectivity index (χ1n) is 8.62. The lowest BCUT2D eigenvalue weighted by Gasteiger charge is -2.27. The van der Waals surface area contributed by atoms with Crippen molar-refractivity contribution in [2.24, 2.45) is 0 Å². The summed E-state index contributed by atoms with van der Waals surface area (Å²) in [6.45, 7) is 9.66. The van der Waals surface area contributed by atoms with E-state index in [1.165, 1.54) is 16.7 Å². The maximum atomic E-state index is 12.6. The van der Waals surface area contributed by atoms with Crippen molar-refractivity contribution in [3.63, 3.8) is 0 Å². The zero-order chi connectivity index (χ0) is 17.5. The Morgan fingerprint density at radius 1 is 1.04 bits per heavy atom. The minimum absolute atomic E-state index is 0.185. The first kappa shape index (κ1) is 18.1. The molecule has 128 valence electrons. The van der Waals surface area contributed by atoms with E-state index in [2.05, 4.69) is 63.3 Å². The van der Waals surface area contributed by atoms with Crippen LogP contribution in [-0.4, -0.2) is 23.4 Å². The molecule has 1 amide bonds. The van der Waals surface area contributed by atoms with Crippen LogP contribution in [-0.2, 0) is 11.3 Å². The number of amides is 1. The summed E-state index contributed by atoms with van der Waals surface area (Å²) in [4.78, 5) is 14.5. The van der Waals surface area contributed by atoms with Crippen molar-refractivity contribution in [2.75, 3.05) is 11.9 Å². The number of rotatable bonds is 7. The maximum absolute atomic E-state index is 12.6. The number of anilines is 1. The van der Waals surface area contributed by atoms with E-state index in [1.54, 1.807) is 0 Å². The first-order valence-corrected chi connectivity index (χ1v) is 8.62. The molecule has 0 heterocycles. The third-order valence-electron chi connectivity index (χ3n) is 4.31. The Balaban J connectivity index is 1.89. The molecule has 0 spiro atoms. The van der Waals surface area contributed by atoms with Gasteiger partial charge in [-0.3, -0.25) is 4.79 Å². The summed E-state index contributed by atoms with van der Waals surface area (Å²) in [5, 5.41) is 3.35. The molecule has 3 heteroatoms. The van der Waals surface area contributed by atoms with Crippen molar-refractivity contribution in [3.8, 4) is 0 Å². The van der Waals surface area contributed by atoms with E-state index in [1.807, 2.05) is 23.1 Å². The van der Waals surface area contributed by atoms with Gasteiger partial charge in [0.25, 0.3) is 0 Å². The van der Waals surface area contributed by atoms with Gasteiger partial charge in [-0.15, -0.1) is 0 Å². The molecular formula is C21H28N2O. The number of aryl methyl sites for hydroxylation is 2. The quantitative estimate of drug-likeness (QED) is 0.811. The predicted molar refractivity (Wildman–Crippen MR) is 101 cm³/mol. The molecule has 0 aliphatic carbocycles. The molecule has 2 rings (SSSR count). The molecule has 1 N–H and O–H groups in total. The molecule has 0 atom stereocenters. The SMILES string of the molecule is Cc1ccc(NCCC(=O)N(Cc2ccccc2)C(C)C)cc1C. The fourth-order valence-corrected chi connectivity index (χ4v) is 2.65. The predicted octanol–water partition coefficient (Wildman–Crippen LogP) is 4.54. The molecule has 2 aromatic carbocycles. The van der Waals surface area contributed by atoms with Crippen LogP contribution in [0.1, 0.15) is 37.0 Å². The van der Waals surface area contributed by atoms with Crippen molar-refractivity contribution in [2.45, 2.75) is 46.7 Å². The lowest BCUT2D eigenvalue weighted by atomic mass is 10.1. The van der Waals surface area contributed by atoms with Crippen LogP contribution in [0.4, 0.5) is 5.69 Å². The topological polar surface area (TPSA) is 32.3 Å². The van der Waals surface area contributed by atoms with Crippen LogP contribution in [0, 0.1) is 13.8 Å². The number of carbonyl (C=O) groups is 1. The molecule has 0 aliphatic rings. The van der Waals surface area contributed by atoms with Crippen LogP contribution < -0.4 is 5.32 Å². The maximum Gasteiger partial charge on any atom is 0.224 e. The number of hydrogen-bond acceptors (Lipinski definition) is 2. The van der Waals surface area contributed by atoms with Gasteiger partial charge >= 0.3 is 0 Å². The minimum Gasteiger partial charge on any atom is -0.385 e. The van der Waals surface area contributed by atoms with Gasteiger partial charge in [-0.1, -0.05) is 36.4 Å². The lowest BCUT2D eigenvalue weighted by molar-refractivity contribution is -0.133. The van der Waals surface area contributed by atoms with Gasteiger partial charge in [0.05, 0.1) is 0 Å². The molecule has 0 aromatic heterocycles. The number of carbonyl (C=O) groups excluding carboxylic acids is 1. The highest BCUT2D eigenvalue weighted by Gasteiger charge is 2.16. The molecule has 24 heavy (non-hydrogen) atoms. The Morgan fingerprint density at radius 3 is 2.38 bits per heavy atom. The Bertz CT molecular complexity index is 665. The fraction of sp³-hybridized carbons (Fsp3) is 0.381. The number of hydrogen-bond donors (Lipinski definition) is 1. The zero-order valence-electron chi connectivity index (χ0n) is 15.2. The second-order valence-corrected chi connectivity index (χ2v) is 6.58. The van der Waals surface area contributed by atoms with E-state index in [-0.39, 0.29) is 11.9 Å². The summed E-state index contributed by atoms with van der Waals surface area (Å²) in [5.74, 6) is 0.185. The van der Waals surface area contributed by atoms with Crippen LogP contribution in [0.15, 0.2) is 48.5 Å². The monoisotopic (exact) mass is 324 g/mol. The highest BCUT2D eigenvalue weighted by atomic mass is 16.2. The van der Waals surface area contributed by atoms with Gasteiger partial charge in [0.2, 0.25) is 5.91 Å². The summed E-state index contributed by atoms with van der Waals surface area (Å²) >= 11 is 0. The van der Waals surface area contributed by atoms with Gasteiger partial charge in [0.1, 0.15) is 0 Å². The fourth-order valence-electron chi connectivity index (χ4n) is 2.65. The Morgan fingerprint density at radius 2 is 1.75 bits per heavy atom. The van der Waals surface area contributed by atoms with Gasteiger partial charge in [-0.05, 0) is 56.5 Å². The summed E-state index contributed by atoms with van der Waals surface area (Å²) in [5.41, 5.74) is 4.79. The third-order valence-corrected chi connectivity index (χ3v) is 4.31. The molecule has 0 fully saturated rings. The normalized spacial score (nSPS) is 10.7. The van der Waals surface area contributed by atoms with Crippen molar-refractivity contribution >= 4 is 11.6 Å². The van der Waals surface area contributed by atoms with Crippen LogP contribution in [0.5, 0.6) is 0 Å². The Labute approximate surface area is 145 Å². The van der Waals surface area contributed by atoms with Crippen LogP contribution >= 0.6 is 0 Å². The van der Waals surface area contributed by atoms with Crippen LogP contribution in [0.2, 0.25) is 0 Å². The molecule has 0 saturated heterocycles. The Kier molecular flexibility index (Phi) is 6.42. The number of nitrogens with zero attached hydrogens (tertiary/aromatic N) is 1. The van der Waals surface area contributed by atoms with Gasteiger partial charge in [-0.2, -0.15) is 0 Å². The molecule has 2 aromatic rings. The molecule has 0 unspecified atom stereocenters. The van der Waals surface area contributed by atoms with E-state index in [9.17, 15) is 4.79 Å². The molecule has 0 bridgehead atoms. The van der Waals surface area contributed by atoms with Crippen molar-refractivity contribution in [1.29, 1.82) is 0 Å². The van der Waals surface area contributed by atoms with Gasteiger partial charge in [0, 0.05) is 31.2 Å². The summed E-state index contributed by atoms with van der Waals surface area (Å²) in [6, 6.07) is 16.7. The highest BCUT2D eigenvalue weighted by molar-refractivity contribution is 5.77. The summed E-state index contributed by atoms with van der Waals surface area (Å²) < 4.78 is 0. The number of benzene rings is 2. The van der Waals surface area contributed by atoms with E-state index >= 15 is 0 Å².